The van der Waals surface area contributed by atoms with E-state index in [4.69, 9.17) is 10.5 Å². The van der Waals surface area contributed by atoms with E-state index in [2.05, 4.69) is 9.97 Å². The topological polar surface area (TPSA) is 119 Å². The van der Waals surface area contributed by atoms with Crippen LogP contribution in [-0.4, -0.2) is 38.9 Å². The van der Waals surface area contributed by atoms with Crippen LogP contribution in [0.2, 0.25) is 0 Å². The number of carbonyl (C=O) groups is 1. The van der Waals surface area contributed by atoms with Crippen molar-refractivity contribution in [2.75, 3.05) is 12.3 Å². The SMILES string of the molecule is CCOC(=O)CC(O)C(O)c1ccc2ncnc(N)c2c1. The summed E-state index contributed by atoms with van der Waals surface area (Å²) in [7, 11) is 0. The van der Waals surface area contributed by atoms with Gasteiger partial charge in [0.25, 0.3) is 0 Å². The quantitative estimate of drug-likeness (QED) is 0.689. The zero-order chi connectivity index (χ0) is 15.4. The minimum Gasteiger partial charge on any atom is -0.466 e. The van der Waals surface area contributed by atoms with Gasteiger partial charge in [-0.25, -0.2) is 9.97 Å². The minimum atomic E-state index is -1.26. The number of hydrogen-bond acceptors (Lipinski definition) is 7. The molecule has 0 spiro atoms. The summed E-state index contributed by atoms with van der Waals surface area (Å²) in [6.45, 7) is 1.90. The van der Waals surface area contributed by atoms with Crippen molar-refractivity contribution in [3.63, 3.8) is 0 Å². The molecule has 1 heterocycles. The van der Waals surface area contributed by atoms with E-state index in [1.54, 1.807) is 25.1 Å². The van der Waals surface area contributed by atoms with Crippen molar-refractivity contribution < 1.29 is 19.7 Å². The van der Waals surface area contributed by atoms with Crippen LogP contribution < -0.4 is 5.73 Å². The fraction of sp³-hybridized carbons (Fsp3) is 0.357. The van der Waals surface area contributed by atoms with Crippen LogP contribution in [0.3, 0.4) is 0 Å². The first-order valence-electron chi connectivity index (χ1n) is 6.54. The molecule has 7 nitrogen and oxygen atoms in total. The number of nitrogens with two attached hydrogens (primary N) is 1. The van der Waals surface area contributed by atoms with Gasteiger partial charge in [-0.3, -0.25) is 4.79 Å². The monoisotopic (exact) mass is 291 g/mol. The summed E-state index contributed by atoms with van der Waals surface area (Å²) in [5, 5.41) is 20.6. The highest BCUT2D eigenvalue weighted by Gasteiger charge is 2.22. The Hall–Kier alpha value is -2.25. The van der Waals surface area contributed by atoms with E-state index >= 15 is 0 Å². The first-order valence-corrected chi connectivity index (χ1v) is 6.54. The number of benzene rings is 1. The van der Waals surface area contributed by atoms with Crippen molar-refractivity contribution in [2.45, 2.75) is 25.6 Å². The molecule has 0 aliphatic carbocycles. The highest BCUT2D eigenvalue weighted by molar-refractivity contribution is 5.88. The van der Waals surface area contributed by atoms with Crippen LogP contribution in [-0.2, 0) is 9.53 Å². The molecule has 0 bridgehead atoms. The maximum Gasteiger partial charge on any atom is 0.308 e. The average Bonchev–Trinajstić information content (AvgIpc) is 2.46. The molecule has 2 rings (SSSR count). The van der Waals surface area contributed by atoms with E-state index in [1.807, 2.05) is 0 Å². The lowest BCUT2D eigenvalue weighted by molar-refractivity contribution is -0.147. The molecule has 1 aromatic carbocycles. The third kappa shape index (κ3) is 3.45. The Balaban J connectivity index is 2.20. The van der Waals surface area contributed by atoms with Crippen molar-refractivity contribution in [3.05, 3.63) is 30.1 Å². The molecule has 21 heavy (non-hydrogen) atoms. The molecule has 7 heteroatoms. The van der Waals surface area contributed by atoms with Crippen molar-refractivity contribution in [1.82, 2.24) is 9.97 Å². The summed E-state index contributed by atoms with van der Waals surface area (Å²) >= 11 is 0. The Labute approximate surface area is 121 Å². The van der Waals surface area contributed by atoms with Crippen LogP contribution in [0.5, 0.6) is 0 Å². The average molecular weight is 291 g/mol. The fourth-order valence-corrected chi connectivity index (χ4v) is 2.00. The molecular weight excluding hydrogens is 274 g/mol. The van der Waals surface area contributed by atoms with Crippen molar-refractivity contribution in [1.29, 1.82) is 0 Å². The number of nitrogen functional groups attached to an aromatic ring is 1. The van der Waals surface area contributed by atoms with Gasteiger partial charge in [0.1, 0.15) is 18.2 Å². The van der Waals surface area contributed by atoms with E-state index in [0.717, 1.165) is 0 Å². The Morgan fingerprint density at radius 1 is 1.38 bits per heavy atom. The van der Waals surface area contributed by atoms with Gasteiger partial charge in [-0.1, -0.05) is 6.07 Å². The number of esters is 1. The van der Waals surface area contributed by atoms with Crippen LogP contribution >= 0.6 is 0 Å². The zero-order valence-corrected chi connectivity index (χ0v) is 11.6. The molecule has 2 aromatic rings. The fourth-order valence-electron chi connectivity index (χ4n) is 2.00. The predicted molar refractivity (Wildman–Crippen MR) is 76.2 cm³/mol. The van der Waals surface area contributed by atoms with E-state index in [0.29, 0.717) is 16.5 Å². The number of carbonyl (C=O) groups excluding carboxylic acids is 1. The highest BCUT2D eigenvalue weighted by Crippen LogP contribution is 2.25. The van der Waals surface area contributed by atoms with Gasteiger partial charge in [0.15, 0.2) is 0 Å². The molecule has 2 unspecified atom stereocenters. The van der Waals surface area contributed by atoms with Gasteiger partial charge >= 0.3 is 5.97 Å². The Bertz CT molecular complexity index is 647. The molecule has 2 atom stereocenters. The van der Waals surface area contributed by atoms with Gasteiger partial charge in [-0.05, 0) is 24.6 Å². The van der Waals surface area contributed by atoms with E-state index < -0.39 is 18.2 Å². The second kappa shape index (κ2) is 6.47. The van der Waals surface area contributed by atoms with E-state index in [9.17, 15) is 15.0 Å². The highest BCUT2D eigenvalue weighted by atomic mass is 16.5. The molecule has 0 saturated carbocycles. The number of nitrogens with zero attached hydrogens (tertiary/aromatic N) is 2. The summed E-state index contributed by atoms with van der Waals surface area (Å²) in [6.07, 6.45) is -1.41. The summed E-state index contributed by atoms with van der Waals surface area (Å²) in [4.78, 5) is 19.2. The third-order valence-electron chi connectivity index (χ3n) is 3.08. The van der Waals surface area contributed by atoms with Crippen molar-refractivity contribution in [3.8, 4) is 0 Å². The number of aromatic nitrogens is 2. The summed E-state index contributed by atoms with van der Waals surface area (Å²) in [5.74, 6) is -0.276. The Morgan fingerprint density at radius 2 is 2.14 bits per heavy atom. The Morgan fingerprint density at radius 3 is 2.86 bits per heavy atom. The zero-order valence-electron chi connectivity index (χ0n) is 11.6. The lowest BCUT2D eigenvalue weighted by atomic mass is 10.0. The smallest absolute Gasteiger partial charge is 0.308 e. The Kier molecular flexibility index (Phi) is 4.66. The second-order valence-electron chi connectivity index (χ2n) is 4.56. The van der Waals surface area contributed by atoms with E-state index in [-0.39, 0.29) is 18.8 Å². The number of aliphatic hydroxyl groups is 2. The second-order valence-corrected chi connectivity index (χ2v) is 4.56. The largest absolute Gasteiger partial charge is 0.466 e. The number of rotatable bonds is 5. The van der Waals surface area contributed by atoms with E-state index in [1.165, 1.54) is 6.33 Å². The minimum absolute atomic E-state index is 0.228. The van der Waals surface area contributed by atoms with Crippen LogP contribution in [0.1, 0.15) is 25.0 Å². The molecule has 112 valence electrons. The maximum atomic E-state index is 11.3. The van der Waals surface area contributed by atoms with Crippen molar-refractivity contribution >= 4 is 22.7 Å². The van der Waals surface area contributed by atoms with Crippen LogP contribution in [0.4, 0.5) is 5.82 Å². The lowest BCUT2D eigenvalue weighted by Crippen LogP contribution is -2.23. The molecule has 0 aliphatic rings. The summed E-state index contributed by atoms with van der Waals surface area (Å²) in [5.41, 5.74) is 6.82. The number of fused-ring (bicyclic) bond motifs is 1. The lowest BCUT2D eigenvalue weighted by Gasteiger charge is -2.18. The maximum absolute atomic E-state index is 11.3. The van der Waals surface area contributed by atoms with Crippen molar-refractivity contribution in [2.24, 2.45) is 0 Å². The van der Waals surface area contributed by atoms with Gasteiger partial charge in [0.05, 0.1) is 24.6 Å². The number of hydrogen-bond donors (Lipinski definition) is 3. The molecule has 4 N–H and O–H groups in total. The molecule has 0 amide bonds. The molecular formula is C14H17N3O4. The molecule has 0 saturated heterocycles. The van der Waals surface area contributed by atoms with Crippen LogP contribution in [0.15, 0.2) is 24.5 Å². The molecule has 1 aromatic heterocycles. The van der Waals surface area contributed by atoms with Gasteiger partial charge in [0, 0.05) is 5.39 Å². The predicted octanol–water partition coefficient (Wildman–Crippen LogP) is 0.560. The third-order valence-corrected chi connectivity index (χ3v) is 3.08. The van der Waals surface area contributed by atoms with Crippen LogP contribution in [0, 0.1) is 0 Å². The summed E-state index contributed by atoms with van der Waals surface area (Å²) in [6, 6.07) is 4.89. The first-order chi connectivity index (χ1) is 10.0. The number of anilines is 1. The molecule has 0 aliphatic heterocycles. The van der Waals surface area contributed by atoms with Gasteiger partial charge in [0.2, 0.25) is 0 Å². The molecule has 0 radical (unpaired) electrons. The van der Waals surface area contributed by atoms with Gasteiger partial charge in [-0.2, -0.15) is 0 Å². The summed E-state index contributed by atoms with van der Waals surface area (Å²) < 4.78 is 4.74. The normalized spacial score (nSPS) is 13.9. The van der Waals surface area contributed by atoms with Crippen LogP contribution in [0.25, 0.3) is 10.9 Å². The van der Waals surface area contributed by atoms with Gasteiger partial charge in [-0.15, -0.1) is 0 Å². The number of ether oxygens (including phenoxy) is 1. The van der Waals surface area contributed by atoms with Gasteiger partial charge < -0.3 is 20.7 Å². The first kappa shape index (κ1) is 15.1. The number of aliphatic hydroxyl groups excluding tert-OH is 2. The standard InChI is InChI=1S/C14H17N3O4/c1-2-21-12(19)6-11(18)13(20)8-3-4-10-9(5-8)14(15)17-7-16-10/h3-5,7,11,13,18,20H,2,6H2,1H3,(H2,15,16,17). The molecule has 0 fully saturated rings.